The lowest BCUT2D eigenvalue weighted by molar-refractivity contribution is -0.122. The molecule has 5 heteroatoms. The molecule has 0 aromatic heterocycles. The third kappa shape index (κ3) is 6.40. The lowest BCUT2D eigenvalue weighted by Gasteiger charge is -2.31. The van der Waals surface area contributed by atoms with Crippen molar-refractivity contribution in [1.82, 2.24) is 15.5 Å². The molecule has 0 heterocycles. The van der Waals surface area contributed by atoms with Gasteiger partial charge in [-0.2, -0.15) is 0 Å². The molecule has 0 atom stereocenters. The molecule has 0 bridgehead atoms. The molecule has 0 aromatic carbocycles. The summed E-state index contributed by atoms with van der Waals surface area (Å²) in [4.78, 5) is 18.5. The average Bonchev–Trinajstić information content (AvgIpc) is 3.37. The number of hydrogen-bond donors (Lipinski definition) is 2. The molecule has 2 saturated carbocycles. The summed E-state index contributed by atoms with van der Waals surface area (Å²) >= 11 is 0. The number of carbonyl (C=O) groups is 1. The van der Waals surface area contributed by atoms with Crippen molar-refractivity contribution >= 4 is 11.9 Å². The lowest BCUT2D eigenvalue weighted by Crippen LogP contribution is -2.42. The van der Waals surface area contributed by atoms with E-state index in [2.05, 4.69) is 41.4 Å². The number of nitrogens with one attached hydrogen (secondary N) is 2. The van der Waals surface area contributed by atoms with Crippen LogP contribution in [0.2, 0.25) is 0 Å². The highest BCUT2D eigenvalue weighted by atomic mass is 16.2. The largest absolute Gasteiger partial charge is 0.357 e. The Morgan fingerprint density at radius 3 is 2.43 bits per heavy atom. The van der Waals surface area contributed by atoms with Crippen LogP contribution in [0.1, 0.15) is 52.4 Å². The van der Waals surface area contributed by atoms with Gasteiger partial charge in [-0.3, -0.25) is 9.79 Å². The highest BCUT2D eigenvalue weighted by Gasteiger charge is 2.29. The zero-order valence-electron chi connectivity index (χ0n) is 15.1. The van der Waals surface area contributed by atoms with Crippen LogP contribution in [-0.2, 0) is 4.79 Å². The molecule has 2 aliphatic rings. The fraction of sp³-hybridized carbons (Fsp3) is 0.889. The van der Waals surface area contributed by atoms with E-state index < -0.39 is 0 Å². The van der Waals surface area contributed by atoms with Crippen molar-refractivity contribution < 1.29 is 4.79 Å². The first-order valence-corrected chi connectivity index (χ1v) is 9.37. The van der Waals surface area contributed by atoms with E-state index in [-0.39, 0.29) is 11.8 Å². The van der Waals surface area contributed by atoms with Crippen LogP contribution in [0.5, 0.6) is 0 Å². The Labute approximate surface area is 141 Å². The maximum atomic E-state index is 11.6. The molecule has 2 aliphatic carbocycles. The summed E-state index contributed by atoms with van der Waals surface area (Å²) < 4.78 is 0. The van der Waals surface area contributed by atoms with Gasteiger partial charge in [-0.15, -0.1) is 0 Å². The Kier molecular flexibility index (Phi) is 7.18. The Morgan fingerprint density at radius 1 is 1.13 bits per heavy atom. The van der Waals surface area contributed by atoms with Crippen molar-refractivity contribution in [3.05, 3.63) is 0 Å². The summed E-state index contributed by atoms with van der Waals surface area (Å²) in [5, 5.41) is 6.34. The molecule has 2 N–H and O–H groups in total. The summed E-state index contributed by atoms with van der Waals surface area (Å²) in [7, 11) is 2.13. The minimum Gasteiger partial charge on any atom is -0.357 e. The van der Waals surface area contributed by atoms with Crippen LogP contribution in [0.3, 0.4) is 0 Å². The molecular formula is C18H34N4O. The van der Waals surface area contributed by atoms with Gasteiger partial charge in [-0.05, 0) is 44.4 Å². The smallest absolute Gasteiger partial charge is 0.223 e. The maximum Gasteiger partial charge on any atom is 0.223 e. The summed E-state index contributed by atoms with van der Waals surface area (Å²) in [6.07, 6.45) is 7.50. The molecule has 0 unspecified atom stereocenters. The van der Waals surface area contributed by atoms with E-state index in [0.29, 0.717) is 13.1 Å². The molecule has 23 heavy (non-hydrogen) atoms. The molecule has 1 amide bonds. The topological polar surface area (TPSA) is 56.7 Å². The van der Waals surface area contributed by atoms with Gasteiger partial charge in [-0.25, -0.2) is 0 Å². The summed E-state index contributed by atoms with van der Waals surface area (Å²) in [5.41, 5.74) is 0. The van der Waals surface area contributed by atoms with Gasteiger partial charge < -0.3 is 15.5 Å². The molecule has 0 aromatic rings. The first-order chi connectivity index (χ1) is 11.1. The van der Waals surface area contributed by atoms with Crippen LogP contribution >= 0.6 is 0 Å². The number of amides is 1. The first-order valence-electron chi connectivity index (χ1n) is 9.37. The van der Waals surface area contributed by atoms with Gasteiger partial charge in [0.25, 0.3) is 0 Å². The molecule has 2 rings (SSSR count). The van der Waals surface area contributed by atoms with Crippen LogP contribution in [-0.4, -0.2) is 50.0 Å². The Morgan fingerprint density at radius 2 is 1.83 bits per heavy atom. The number of nitrogens with zero attached hydrogens (tertiary/aromatic N) is 2. The van der Waals surface area contributed by atoms with Gasteiger partial charge in [0.1, 0.15) is 0 Å². The van der Waals surface area contributed by atoms with Crippen LogP contribution in [0.4, 0.5) is 0 Å². The number of guanidine groups is 1. The van der Waals surface area contributed by atoms with Crippen molar-refractivity contribution in [2.45, 2.75) is 52.4 Å². The van der Waals surface area contributed by atoms with E-state index in [1.807, 2.05) is 0 Å². The monoisotopic (exact) mass is 322 g/mol. The minimum absolute atomic E-state index is 0.204. The third-order valence-electron chi connectivity index (χ3n) is 4.98. The van der Waals surface area contributed by atoms with Crippen LogP contribution in [0.15, 0.2) is 4.99 Å². The van der Waals surface area contributed by atoms with E-state index in [1.165, 1.54) is 25.7 Å². The Hall–Kier alpha value is -1.26. The van der Waals surface area contributed by atoms with Crippen LogP contribution in [0, 0.1) is 17.8 Å². The molecular weight excluding hydrogens is 288 g/mol. The van der Waals surface area contributed by atoms with Crippen LogP contribution in [0.25, 0.3) is 0 Å². The van der Waals surface area contributed by atoms with E-state index in [4.69, 9.17) is 0 Å². The SMILES string of the molecule is CCNC(=NCCNC(=O)C1CC1)N(C)CC1CCC(C)CC1. The Bertz CT molecular complexity index is 398. The fourth-order valence-electron chi connectivity index (χ4n) is 3.29. The van der Waals surface area contributed by atoms with Crippen molar-refractivity contribution in [1.29, 1.82) is 0 Å². The Balaban J connectivity index is 1.73. The summed E-state index contributed by atoms with van der Waals surface area (Å²) in [6.45, 7) is 7.69. The molecule has 0 radical (unpaired) electrons. The molecule has 0 saturated heterocycles. The van der Waals surface area contributed by atoms with E-state index in [0.717, 1.165) is 43.7 Å². The number of carbonyl (C=O) groups excluding carboxylic acids is 1. The lowest BCUT2D eigenvalue weighted by atomic mass is 9.83. The quantitative estimate of drug-likeness (QED) is 0.429. The number of rotatable bonds is 7. The zero-order valence-corrected chi connectivity index (χ0v) is 15.1. The van der Waals surface area contributed by atoms with Gasteiger partial charge >= 0.3 is 0 Å². The van der Waals surface area contributed by atoms with E-state index >= 15 is 0 Å². The molecule has 2 fully saturated rings. The van der Waals surface area contributed by atoms with Gasteiger partial charge in [0.15, 0.2) is 5.96 Å². The third-order valence-corrected chi connectivity index (χ3v) is 4.98. The normalized spacial score (nSPS) is 25.1. The molecule has 0 aliphatic heterocycles. The molecule has 5 nitrogen and oxygen atoms in total. The maximum absolute atomic E-state index is 11.6. The van der Waals surface area contributed by atoms with E-state index in [9.17, 15) is 4.79 Å². The van der Waals surface area contributed by atoms with Crippen LogP contribution < -0.4 is 10.6 Å². The molecule has 132 valence electrons. The van der Waals surface area contributed by atoms with Crippen molar-refractivity contribution in [2.24, 2.45) is 22.7 Å². The van der Waals surface area contributed by atoms with Gasteiger partial charge in [0.05, 0.1) is 6.54 Å². The first kappa shape index (κ1) is 18.1. The van der Waals surface area contributed by atoms with E-state index in [1.54, 1.807) is 0 Å². The number of aliphatic imine (C=N–C) groups is 1. The average molecular weight is 322 g/mol. The highest BCUT2D eigenvalue weighted by molar-refractivity contribution is 5.81. The van der Waals surface area contributed by atoms with Crippen molar-refractivity contribution in [3.63, 3.8) is 0 Å². The summed E-state index contributed by atoms with van der Waals surface area (Å²) in [6, 6.07) is 0. The second-order valence-corrected chi connectivity index (χ2v) is 7.31. The predicted molar refractivity (Wildman–Crippen MR) is 95.5 cm³/mol. The van der Waals surface area contributed by atoms with Gasteiger partial charge in [0, 0.05) is 32.6 Å². The van der Waals surface area contributed by atoms with Crippen molar-refractivity contribution in [3.8, 4) is 0 Å². The highest BCUT2D eigenvalue weighted by Crippen LogP contribution is 2.29. The number of hydrogen-bond acceptors (Lipinski definition) is 2. The zero-order chi connectivity index (χ0) is 16.7. The molecule has 0 spiro atoms. The predicted octanol–water partition coefficient (Wildman–Crippen LogP) is 2.24. The van der Waals surface area contributed by atoms with Gasteiger partial charge in [-0.1, -0.05) is 19.8 Å². The minimum atomic E-state index is 0.204. The second kappa shape index (κ2) is 9.14. The van der Waals surface area contributed by atoms with Gasteiger partial charge in [0.2, 0.25) is 5.91 Å². The van der Waals surface area contributed by atoms with Crippen molar-refractivity contribution in [2.75, 3.05) is 33.2 Å². The fourth-order valence-corrected chi connectivity index (χ4v) is 3.29. The summed E-state index contributed by atoms with van der Waals surface area (Å²) in [5.74, 6) is 3.13. The second-order valence-electron chi connectivity index (χ2n) is 7.31. The standard InChI is InChI=1S/C18H34N4O/c1-4-19-18(21-12-11-20-17(23)16-9-10-16)22(3)13-15-7-5-14(2)6-8-15/h14-16H,4-13H2,1-3H3,(H,19,21)(H,20,23).